The van der Waals surface area contributed by atoms with Crippen LogP contribution in [0.3, 0.4) is 0 Å². The zero-order valence-corrected chi connectivity index (χ0v) is 13.2. The molecular formula is C17H16BrNO2. The van der Waals surface area contributed by atoms with Crippen LogP contribution in [0.15, 0.2) is 46.9 Å². The van der Waals surface area contributed by atoms with Gasteiger partial charge in [0.25, 0.3) is 0 Å². The topological polar surface area (TPSA) is 38.3 Å². The van der Waals surface area contributed by atoms with Gasteiger partial charge in [0.2, 0.25) is 0 Å². The van der Waals surface area contributed by atoms with Gasteiger partial charge in [0.1, 0.15) is 6.61 Å². The lowest BCUT2D eigenvalue weighted by atomic mass is 9.95. The first-order valence-electron chi connectivity index (χ1n) is 6.97. The molecule has 0 fully saturated rings. The number of benzene rings is 2. The Bertz CT molecular complexity index is 652. The van der Waals surface area contributed by atoms with E-state index in [1.54, 1.807) is 0 Å². The molecule has 0 saturated carbocycles. The van der Waals surface area contributed by atoms with Crippen molar-refractivity contribution < 1.29 is 9.53 Å². The molecule has 0 radical (unpaired) electrons. The third kappa shape index (κ3) is 3.34. The predicted molar refractivity (Wildman–Crippen MR) is 85.1 cm³/mol. The lowest BCUT2D eigenvalue weighted by molar-refractivity contribution is 0.0471. The monoisotopic (exact) mass is 345 g/mol. The Labute approximate surface area is 132 Å². The summed E-state index contributed by atoms with van der Waals surface area (Å²) in [4.78, 5) is 12.3. The molecule has 1 aliphatic heterocycles. The van der Waals surface area contributed by atoms with Crippen molar-refractivity contribution in [2.24, 2.45) is 0 Å². The van der Waals surface area contributed by atoms with Crippen molar-refractivity contribution in [3.63, 3.8) is 0 Å². The van der Waals surface area contributed by atoms with Gasteiger partial charge in [-0.1, -0.05) is 40.2 Å². The van der Waals surface area contributed by atoms with Crippen molar-refractivity contribution in [3.8, 4) is 0 Å². The third-order valence-electron chi connectivity index (χ3n) is 3.64. The zero-order valence-electron chi connectivity index (χ0n) is 11.6. The van der Waals surface area contributed by atoms with E-state index in [0.29, 0.717) is 12.2 Å². The van der Waals surface area contributed by atoms with Crippen LogP contribution in [0.5, 0.6) is 0 Å². The van der Waals surface area contributed by atoms with Crippen LogP contribution in [0.25, 0.3) is 0 Å². The molecule has 1 heterocycles. The normalized spacial score (nSPS) is 13.6. The number of carbonyl (C=O) groups excluding carboxylic acids is 1. The average Bonchev–Trinajstić information content (AvgIpc) is 2.53. The van der Waals surface area contributed by atoms with Crippen molar-refractivity contribution in [1.29, 1.82) is 0 Å². The highest BCUT2D eigenvalue weighted by atomic mass is 79.9. The van der Waals surface area contributed by atoms with Crippen LogP contribution in [0.2, 0.25) is 0 Å². The second-order valence-electron chi connectivity index (χ2n) is 5.07. The molecule has 3 nitrogen and oxygen atoms in total. The fourth-order valence-corrected chi connectivity index (χ4v) is 2.79. The first-order chi connectivity index (χ1) is 10.2. The maximum atomic E-state index is 12.3. The van der Waals surface area contributed by atoms with Crippen LogP contribution in [0.4, 0.5) is 0 Å². The highest BCUT2D eigenvalue weighted by Gasteiger charge is 2.18. The fourth-order valence-electron chi connectivity index (χ4n) is 2.53. The van der Waals surface area contributed by atoms with E-state index in [1.807, 2.05) is 36.4 Å². The molecule has 0 saturated heterocycles. The fraction of sp³-hybridized carbons (Fsp3) is 0.235. The van der Waals surface area contributed by atoms with E-state index in [9.17, 15) is 4.79 Å². The number of carbonyl (C=O) groups is 1. The number of hydrogen-bond donors (Lipinski definition) is 1. The second kappa shape index (κ2) is 6.41. The number of esters is 1. The number of fused-ring (bicyclic) bond motifs is 1. The van der Waals surface area contributed by atoms with E-state index >= 15 is 0 Å². The summed E-state index contributed by atoms with van der Waals surface area (Å²) < 4.78 is 6.46. The number of halogens is 1. The first kappa shape index (κ1) is 14.3. The molecule has 0 spiro atoms. The third-order valence-corrected chi connectivity index (χ3v) is 4.17. The molecule has 0 amide bonds. The maximum absolute atomic E-state index is 12.3. The Hall–Kier alpha value is -1.65. The Morgan fingerprint density at radius 2 is 2.00 bits per heavy atom. The number of hydrogen-bond acceptors (Lipinski definition) is 3. The molecule has 1 N–H and O–H groups in total. The molecule has 0 aliphatic carbocycles. The lowest BCUT2D eigenvalue weighted by Crippen LogP contribution is -2.25. The molecule has 3 rings (SSSR count). The summed E-state index contributed by atoms with van der Waals surface area (Å²) in [5, 5.41) is 3.31. The molecule has 108 valence electrons. The van der Waals surface area contributed by atoms with Gasteiger partial charge in [0, 0.05) is 11.0 Å². The van der Waals surface area contributed by atoms with Gasteiger partial charge in [0.15, 0.2) is 0 Å². The Morgan fingerprint density at radius 1 is 1.19 bits per heavy atom. The smallest absolute Gasteiger partial charge is 0.338 e. The second-order valence-corrected chi connectivity index (χ2v) is 5.99. The van der Waals surface area contributed by atoms with Crippen LogP contribution >= 0.6 is 15.9 Å². The van der Waals surface area contributed by atoms with E-state index in [2.05, 4.69) is 27.3 Å². The van der Waals surface area contributed by atoms with Crippen LogP contribution < -0.4 is 5.32 Å². The zero-order chi connectivity index (χ0) is 14.7. The van der Waals surface area contributed by atoms with Gasteiger partial charge in [-0.15, -0.1) is 0 Å². The Morgan fingerprint density at radius 3 is 2.81 bits per heavy atom. The van der Waals surface area contributed by atoms with Gasteiger partial charge in [-0.05, 0) is 47.9 Å². The van der Waals surface area contributed by atoms with Crippen molar-refractivity contribution in [2.45, 2.75) is 19.6 Å². The Kier molecular flexibility index (Phi) is 4.36. The summed E-state index contributed by atoms with van der Waals surface area (Å²) >= 11 is 3.39. The summed E-state index contributed by atoms with van der Waals surface area (Å²) in [7, 11) is 0. The van der Waals surface area contributed by atoms with E-state index in [1.165, 1.54) is 5.56 Å². The molecule has 0 aromatic heterocycles. The van der Waals surface area contributed by atoms with Gasteiger partial charge in [-0.25, -0.2) is 4.79 Å². The predicted octanol–water partition coefficient (Wildman–Crippen LogP) is 3.45. The summed E-state index contributed by atoms with van der Waals surface area (Å²) in [6.45, 7) is 2.03. The van der Waals surface area contributed by atoms with Crippen LogP contribution in [0.1, 0.15) is 27.0 Å². The standard InChI is InChI=1S/C17H16BrNO2/c18-14-6-4-12(5-7-14)11-21-17(20)16-3-1-2-13-10-19-9-8-15(13)16/h1-7,19H,8-11H2. The lowest BCUT2D eigenvalue weighted by Gasteiger charge is -2.19. The largest absolute Gasteiger partial charge is 0.457 e. The molecule has 2 aromatic rings. The van der Waals surface area contributed by atoms with E-state index in [0.717, 1.165) is 35.1 Å². The van der Waals surface area contributed by atoms with Crippen LogP contribution in [-0.4, -0.2) is 12.5 Å². The van der Waals surface area contributed by atoms with E-state index in [-0.39, 0.29) is 5.97 Å². The SMILES string of the molecule is O=C(OCc1ccc(Br)cc1)c1cccc2c1CCNC2. The van der Waals surface area contributed by atoms with Crippen LogP contribution in [0, 0.1) is 0 Å². The van der Waals surface area contributed by atoms with E-state index in [4.69, 9.17) is 4.74 Å². The number of ether oxygens (including phenoxy) is 1. The van der Waals surface area contributed by atoms with Crippen molar-refractivity contribution in [3.05, 3.63) is 69.2 Å². The molecule has 0 atom stereocenters. The van der Waals surface area contributed by atoms with Gasteiger partial charge in [0.05, 0.1) is 5.56 Å². The summed E-state index contributed by atoms with van der Waals surface area (Å²) in [5.41, 5.74) is 4.00. The molecule has 4 heteroatoms. The Balaban J connectivity index is 1.72. The number of rotatable bonds is 3. The molecular weight excluding hydrogens is 330 g/mol. The minimum Gasteiger partial charge on any atom is -0.457 e. The highest BCUT2D eigenvalue weighted by Crippen LogP contribution is 2.20. The first-order valence-corrected chi connectivity index (χ1v) is 7.76. The maximum Gasteiger partial charge on any atom is 0.338 e. The highest BCUT2D eigenvalue weighted by molar-refractivity contribution is 9.10. The molecule has 1 aliphatic rings. The summed E-state index contributed by atoms with van der Waals surface area (Å²) in [6, 6.07) is 13.6. The van der Waals surface area contributed by atoms with E-state index < -0.39 is 0 Å². The van der Waals surface area contributed by atoms with Crippen molar-refractivity contribution >= 4 is 21.9 Å². The molecule has 0 unspecified atom stereocenters. The summed E-state index contributed by atoms with van der Waals surface area (Å²) in [5.74, 6) is -0.239. The number of nitrogens with one attached hydrogen (secondary N) is 1. The minimum absolute atomic E-state index is 0.239. The quantitative estimate of drug-likeness (QED) is 0.866. The van der Waals surface area contributed by atoms with Gasteiger partial charge < -0.3 is 10.1 Å². The van der Waals surface area contributed by atoms with Crippen LogP contribution in [-0.2, 0) is 24.3 Å². The molecule has 0 bridgehead atoms. The van der Waals surface area contributed by atoms with Gasteiger partial charge in [-0.2, -0.15) is 0 Å². The molecule has 2 aromatic carbocycles. The van der Waals surface area contributed by atoms with Gasteiger partial charge in [-0.3, -0.25) is 0 Å². The molecule has 21 heavy (non-hydrogen) atoms. The average molecular weight is 346 g/mol. The van der Waals surface area contributed by atoms with Crippen molar-refractivity contribution in [1.82, 2.24) is 5.32 Å². The summed E-state index contributed by atoms with van der Waals surface area (Å²) in [6.07, 6.45) is 0.874. The van der Waals surface area contributed by atoms with Crippen molar-refractivity contribution in [2.75, 3.05) is 6.54 Å². The minimum atomic E-state index is -0.239. The van der Waals surface area contributed by atoms with Gasteiger partial charge >= 0.3 is 5.97 Å².